The Morgan fingerprint density at radius 1 is 1.17 bits per heavy atom. The first-order chi connectivity index (χ1) is 11.0. The summed E-state index contributed by atoms with van der Waals surface area (Å²) in [6.07, 6.45) is 0.727. The molecule has 120 valence electrons. The van der Waals surface area contributed by atoms with E-state index in [0.717, 1.165) is 17.7 Å². The Hall–Kier alpha value is -2.89. The normalized spacial score (nSPS) is 11.6. The molecule has 23 heavy (non-hydrogen) atoms. The Morgan fingerprint density at radius 3 is 2.26 bits per heavy atom. The molecule has 0 spiro atoms. The van der Waals surface area contributed by atoms with E-state index in [2.05, 4.69) is 5.32 Å². The number of carbonyl (C=O) groups excluding carboxylic acids is 1. The molecule has 0 bridgehead atoms. The van der Waals surface area contributed by atoms with E-state index < -0.39 is 4.92 Å². The number of carbonyl (C=O) groups is 1. The number of benzene rings is 2. The highest BCUT2D eigenvalue weighted by Crippen LogP contribution is 2.21. The second-order valence-corrected chi connectivity index (χ2v) is 5.01. The van der Waals surface area contributed by atoms with Gasteiger partial charge in [0.05, 0.1) is 18.1 Å². The SMILES string of the molecule is CC[C@H](NC(=O)c1ccc([N+](=O)[O-])cc1)c1ccc(OC)cc1. The van der Waals surface area contributed by atoms with Crippen molar-refractivity contribution in [3.63, 3.8) is 0 Å². The van der Waals surface area contributed by atoms with Crippen LogP contribution in [-0.4, -0.2) is 17.9 Å². The predicted molar refractivity (Wildman–Crippen MR) is 86.6 cm³/mol. The third kappa shape index (κ3) is 4.06. The lowest BCUT2D eigenvalue weighted by Crippen LogP contribution is -2.28. The number of hydrogen-bond acceptors (Lipinski definition) is 4. The molecule has 0 radical (unpaired) electrons. The van der Waals surface area contributed by atoms with E-state index in [9.17, 15) is 14.9 Å². The molecule has 2 aromatic rings. The van der Waals surface area contributed by atoms with Gasteiger partial charge in [-0.15, -0.1) is 0 Å². The molecule has 0 saturated carbocycles. The Labute approximate surface area is 134 Å². The van der Waals surface area contributed by atoms with Gasteiger partial charge in [-0.3, -0.25) is 14.9 Å². The molecule has 0 aliphatic carbocycles. The zero-order valence-electron chi connectivity index (χ0n) is 13.0. The maximum absolute atomic E-state index is 12.3. The number of nitrogens with one attached hydrogen (secondary N) is 1. The molecule has 1 amide bonds. The number of ether oxygens (including phenoxy) is 1. The van der Waals surface area contributed by atoms with Crippen LogP contribution in [0.5, 0.6) is 5.75 Å². The van der Waals surface area contributed by atoms with Crippen LogP contribution in [0.4, 0.5) is 5.69 Å². The van der Waals surface area contributed by atoms with Crippen LogP contribution in [0.15, 0.2) is 48.5 Å². The van der Waals surface area contributed by atoms with Crippen molar-refractivity contribution in [2.24, 2.45) is 0 Å². The van der Waals surface area contributed by atoms with Gasteiger partial charge >= 0.3 is 0 Å². The van der Waals surface area contributed by atoms with Crippen molar-refractivity contribution in [1.29, 1.82) is 0 Å². The maximum atomic E-state index is 12.3. The lowest BCUT2D eigenvalue weighted by molar-refractivity contribution is -0.384. The first-order valence-electron chi connectivity index (χ1n) is 7.24. The summed E-state index contributed by atoms with van der Waals surface area (Å²) in [5.41, 5.74) is 1.33. The third-order valence-electron chi connectivity index (χ3n) is 3.57. The smallest absolute Gasteiger partial charge is 0.269 e. The maximum Gasteiger partial charge on any atom is 0.269 e. The number of rotatable bonds is 6. The van der Waals surface area contributed by atoms with Crippen LogP contribution < -0.4 is 10.1 Å². The number of nitrogens with zero attached hydrogens (tertiary/aromatic N) is 1. The van der Waals surface area contributed by atoms with Crippen LogP contribution in [0.25, 0.3) is 0 Å². The van der Waals surface area contributed by atoms with Gasteiger partial charge in [0.25, 0.3) is 11.6 Å². The summed E-state index contributed by atoms with van der Waals surface area (Å²) in [5, 5.41) is 13.6. The Balaban J connectivity index is 2.10. The second kappa shape index (κ2) is 7.40. The lowest BCUT2D eigenvalue weighted by atomic mass is 10.0. The summed E-state index contributed by atoms with van der Waals surface area (Å²) in [6, 6.07) is 12.9. The molecule has 2 rings (SSSR count). The second-order valence-electron chi connectivity index (χ2n) is 5.01. The summed E-state index contributed by atoms with van der Waals surface area (Å²) >= 11 is 0. The van der Waals surface area contributed by atoms with Crippen LogP contribution in [0.2, 0.25) is 0 Å². The van der Waals surface area contributed by atoms with Crippen molar-refractivity contribution in [3.8, 4) is 5.75 Å². The van der Waals surface area contributed by atoms with Gasteiger partial charge in [0.15, 0.2) is 0 Å². The molecule has 0 unspecified atom stereocenters. The van der Waals surface area contributed by atoms with Crippen molar-refractivity contribution >= 4 is 11.6 Å². The molecule has 6 nitrogen and oxygen atoms in total. The van der Waals surface area contributed by atoms with Gasteiger partial charge < -0.3 is 10.1 Å². The third-order valence-corrected chi connectivity index (χ3v) is 3.57. The summed E-state index contributed by atoms with van der Waals surface area (Å²) in [5.74, 6) is 0.493. The summed E-state index contributed by atoms with van der Waals surface area (Å²) in [4.78, 5) is 22.4. The molecule has 0 saturated heterocycles. The van der Waals surface area contributed by atoms with Gasteiger partial charge in [0.1, 0.15) is 5.75 Å². The number of non-ortho nitro benzene ring substituents is 1. The minimum absolute atomic E-state index is 0.0382. The Morgan fingerprint density at radius 2 is 1.78 bits per heavy atom. The number of nitro benzene ring substituents is 1. The number of hydrogen-bond donors (Lipinski definition) is 1. The van der Waals surface area contributed by atoms with Gasteiger partial charge in [-0.05, 0) is 36.2 Å². The number of amides is 1. The van der Waals surface area contributed by atoms with E-state index in [4.69, 9.17) is 4.74 Å². The van der Waals surface area contributed by atoms with Crippen molar-refractivity contribution < 1.29 is 14.5 Å². The predicted octanol–water partition coefficient (Wildman–Crippen LogP) is 3.48. The fraction of sp³-hybridized carbons (Fsp3) is 0.235. The van der Waals surface area contributed by atoms with E-state index in [-0.39, 0.29) is 17.6 Å². The fourth-order valence-corrected chi connectivity index (χ4v) is 2.23. The van der Waals surface area contributed by atoms with E-state index in [1.807, 2.05) is 31.2 Å². The minimum atomic E-state index is -0.492. The van der Waals surface area contributed by atoms with E-state index in [0.29, 0.717) is 5.56 Å². The number of nitro groups is 1. The molecule has 0 aliphatic heterocycles. The molecule has 6 heteroatoms. The van der Waals surface area contributed by atoms with E-state index in [1.165, 1.54) is 24.3 Å². The highest BCUT2D eigenvalue weighted by Gasteiger charge is 2.15. The molecule has 1 atom stereocenters. The van der Waals surface area contributed by atoms with Crippen LogP contribution in [0, 0.1) is 10.1 Å². The van der Waals surface area contributed by atoms with Crippen molar-refractivity contribution in [3.05, 3.63) is 69.8 Å². The van der Waals surface area contributed by atoms with Gasteiger partial charge in [0.2, 0.25) is 0 Å². The van der Waals surface area contributed by atoms with Crippen LogP contribution >= 0.6 is 0 Å². The summed E-state index contributed by atoms with van der Waals surface area (Å²) in [6.45, 7) is 1.98. The first-order valence-corrected chi connectivity index (χ1v) is 7.24. The average molecular weight is 314 g/mol. The minimum Gasteiger partial charge on any atom is -0.497 e. The van der Waals surface area contributed by atoms with Crippen LogP contribution in [-0.2, 0) is 0 Å². The zero-order valence-corrected chi connectivity index (χ0v) is 13.0. The molecule has 0 aromatic heterocycles. The van der Waals surface area contributed by atoms with Crippen molar-refractivity contribution in [2.75, 3.05) is 7.11 Å². The highest BCUT2D eigenvalue weighted by atomic mass is 16.6. The summed E-state index contributed by atoms with van der Waals surface area (Å²) in [7, 11) is 1.60. The van der Waals surface area contributed by atoms with Gasteiger partial charge in [-0.1, -0.05) is 19.1 Å². The van der Waals surface area contributed by atoms with E-state index >= 15 is 0 Å². The monoisotopic (exact) mass is 314 g/mol. The highest BCUT2D eigenvalue weighted by molar-refractivity contribution is 5.94. The van der Waals surface area contributed by atoms with E-state index in [1.54, 1.807) is 7.11 Å². The van der Waals surface area contributed by atoms with Gasteiger partial charge in [0, 0.05) is 17.7 Å². The average Bonchev–Trinajstić information content (AvgIpc) is 2.59. The van der Waals surface area contributed by atoms with Crippen LogP contribution in [0.1, 0.15) is 35.3 Å². The van der Waals surface area contributed by atoms with Crippen molar-refractivity contribution in [2.45, 2.75) is 19.4 Å². The zero-order chi connectivity index (χ0) is 16.8. The molecule has 2 aromatic carbocycles. The van der Waals surface area contributed by atoms with Crippen LogP contribution in [0.3, 0.4) is 0 Å². The Kier molecular flexibility index (Phi) is 5.30. The Bertz CT molecular complexity index is 681. The van der Waals surface area contributed by atoms with Gasteiger partial charge in [-0.25, -0.2) is 0 Å². The lowest BCUT2D eigenvalue weighted by Gasteiger charge is -2.18. The molecule has 0 fully saturated rings. The molecule has 0 aliphatic rings. The molecule has 1 N–H and O–H groups in total. The topological polar surface area (TPSA) is 81.5 Å². The standard InChI is InChI=1S/C17H18N2O4/c1-3-16(12-6-10-15(23-2)11-7-12)18-17(20)13-4-8-14(9-5-13)19(21)22/h4-11,16H,3H2,1-2H3,(H,18,20)/t16-/m0/s1. The quantitative estimate of drug-likeness (QED) is 0.653. The summed E-state index contributed by atoms with van der Waals surface area (Å²) < 4.78 is 5.12. The molecule has 0 heterocycles. The van der Waals surface area contributed by atoms with Gasteiger partial charge in [-0.2, -0.15) is 0 Å². The largest absolute Gasteiger partial charge is 0.497 e. The molecular formula is C17H18N2O4. The number of methoxy groups -OCH3 is 1. The molecular weight excluding hydrogens is 296 g/mol. The fourth-order valence-electron chi connectivity index (χ4n) is 2.23. The first kappa shape index (κ1) is 16.5. The van der Waals surface area contributed by atoms with Crippen molar-refractivity contribution in [1.82, 2.24) is 5.32 Å².